The van der Waals surface area contributed by atoms with Gasteiger partial charge < -0.3 is 0 Å². The van der Waals surface area contributed by atoms with Gasteiger partial charge in [0.15, 0.2) is 0 Å². The Hall–Kier alpha value is -3.92. The standard InChI is InChI=1S/2C19H14N.C7H9Si.2ClH.Zr/c2*1-13-11-15-6-3-8-16(18(15)12-13)17-9-2-5-14-7-4-10-20-19(14)17;1-8-7-5-3-2-4-6-7;;;/h2*2-12H,1H3;2-6,8H,1H3;2*1H;/q;;;;;+2/p-2. The van der Waals surface area contributed by atoms with E-state index < -0.39 is 21.5 Å². The van der Waals surface area contributed by atoms with Crippen molar-refractivity contribution in [3.05, 3.63) is 173 Å². The number of hydrogen-bond acceptors (Lipinski definition) is 2. The fourth-order valence-electron chi connectivity index (χ4n) is 9.41. The van der Waals surface area contributed by atoms with Crippen molar-refractivity contribution in [1.82, 2.24) is 9.97 Å². The maximum atomic E-state index is 8.85. The zero-order valence-electron chi connectivity index (χ0n) is 28.8. The Balaban J connectivity index is 1.28. The monoisotopic (exact) mass is 793 g/mol. The number of pyridine rings is 2. The number of fused-ring (bicyclic) bond motifs is 4. The van der Waals surface area contributed by atoms with E-state index in [9.17, 15) is 0 Å². The van der Waals surface area contributed by atoms with Crippen LogP contribution in [0.25, 0.3) is 56.2 Å². The molecule has 2 heterocycles. The van der Waals surface area contributed by atoms with Crippen LogP contribution in [-0.2, 0) is 15.6 Å². The van der Waals surface area contributed by atoms with E-state index in [0.717, 1.165) is 32.9 Å². The van der Waals surface area contributed by atoms with Gasteiger partial charge in [-0.1, -0.05) is 0 Å². The summed E-state index contributed by atoms with van der Waals surface area (Å²) in [7, 11) is 17.7. The molecule has 6 heteroatoms. The average molecular weight is 796 g/mol. The molecule has 0 fully saturated rings. The molecule has 2 aliphatic rings. The first-order chi connectivity index (χ1) is 24.7. The van der Waals surface area contributed by atoms with E-state index in [4.69, 9.17) is 27.0 Å². The molecule has 2 aromatic heterocycles. The average Bonchev–Trinajstić information content (AvgIpc) is 3.71. The van der Waals surface area contributed by atoms with Gasteiger partial charge in [0, 0.05) is 0 Å². The van der Waals surface area contributed by atoms with Crippen LogP contribution in [0.2, 0.25) is 6.55 Å². The Morgan fingerprint density at radius 3 is 1.43 bits per heavy atom. The topological polar surface area (TPSA) is 25.8 Å². The third-order valence-corrected chi connectivity index (χ3v) is 59.2. The third kappa shape index (κ3) is 4.98. The summed E-state index contributed by atoms with van der Waals surface area (Å²) in [6.45, 7) is 6.98. The molecule has 3 atom stereocenters. The summed E-state index contributed by atoms with van der Waals surface area (Å²) in [6, 6.07) is 45.6. The van der Waals surface area contributed by atoms with Crippen molar-refractivity contribution in [2.75, 3.05) is 0 Å². The summed E-state index contributed by atoms with van der Waals surface area (Å²) in [5.74, 6) is -2.03. The first-order valence-corrected chi connectivity index (χ1v) is 33.4. The number of nitrogens with zero attached hydrogens (tertiary/aromatic N) is 2. The molecule has 0 N–H and O–H groups in total. The van der Waals surface area contributed by atoms with Crippen LogP contribution >= 0.6 is 17.0 Å². The molecule has 2 aliphatic carbocycles. The molecular formula is C45H37Cl2N2SiZr. The Bertz CT molecular complexity index is 2430. The van der Waals surface area contributed by atoms with Gasteiger partial charge >= 0.3 is 311 Å². The van der Waals surface area contributed by atoms with Crippen LogP contribution in [0.1, 0.15) is 43.4 Å². The van der Waals surface area contributed by atoms with Crippen LogP contribution in [0.4, 0.5) is 0 Å². The van der Waals surface area contributed by atoms with E-state index >= 15 is 0 Å². The second-order valence-corrected chi connectivity index (χ2v) is 54.6. The van der Waals surface area contributed by atoms with Crippen LogP contribution < -0.4 is 5.19 Å². The van der Waals surface area contributed by atoms with Gasteiger partial charge in [0.05, 0.1) is 0 Å². The predicted octanol–water partition coefficient (Wildman–Crippen LogP) is 12.0. The molecule has 0 radical (unpaired) electrons. The summed E-state index contributed by atoms with van der Waals surface area (Å²) in [6.07, 6.45) is 8.54. The molecule has 3 unspecified atom stereocenters. The Labute approximate surface area is 308 Å². The second kappa shape index (κ2) is 12.3. The van der Waals surface area contributed by atoms with E-state index in [0.29, 0.717) is 0 Å². The molecule has 0 bridgehead atoms. The van der Waals surface area contributed by atoms with E-state index in [2.05, 4.69) is 148 Å². The van der Waals surface area contributed by atoms with E-state index in [1.807, 2.05) is 24.5 Å². The molecule has 0 amide bonds. The van der Waals surface area contributed by atoms with Crippen LogP contribution in [0.3, 0.4) is 0 Å². The fourth-order valence-corrected chi connectivity index (χ4v) is 51.6. The van der Waals surface area contributed by atoms with Crippen LogP contribution in [0, 0.1) is 0 Å². The first kappa shape index (κ1) is 33.0. The van der Waals surface area contributed by atoms with E-state index in [1.165, 1.54) is 49.7 Å². The van der Waals surface area contributed by atoms with E-state index in [1.54, 1.807) is 0 Å². The Morgan fingerprint density at radius 1 is 0.510 bits per heavy atom. The number of benzene rings is 5. The van der Waals surface area contributed by atoms with Crippen molar-refractivity contribution in [3.63, 3.8) is 0 Å². The Kier molecular flexibility index (Phi) is 7.98. The first-order valence-electron chi connectivity index (χ1n) is 17.7. The number of para-hydroxylation sites is 2. The number of rotatable bonds is 6. The molecule has 0 saturated carbocycles. The maximum absolute atomic E-state index is 8.85. The van der Waals surface area contributed by atoms with Gasteiger partial charge in [0.25, 0.3) is 0 Å². The van der Waals surface area contributed by atoms with Crippen molar-refractivity contribution in [1.29, 1.82) is 0 Å². The zero-order chi connectivity index (χ0) is 34.9. The number of allylic oxidation sites excluding steroid dienone is 2. The molecule has 51 heavy (non-hydrogen) atoms. The van der Waals surface area contributed by atoms with Crippen molar-refractivity contribution in [2.24, 2.45) is 0 Å². The SMILES string of the molecule is CC1=Cc2c(-c3cccc4cccnc34)cccc2[CH]1[Zr]([Cl])([Cl])([CH]1C(C)=Cc2c(-c3cccc4cccnc34)cccc21)[SiH](C)c1ccccc1. The predicted molar refractivity (Wildman–Crippen MR) is 218 cm³/mol. The van der Waals surface area contributed by atoms with Gasteiger partial charge in [-0.3, -0.25) is 0 Å². The van der Waals surface area contributed by atoms with Gasteiger partial charge in [-0.25, -0.2) is 0 Å². The van der Waals surface area contributed by atoms with Gasteiger partial charge in [-0.15, -0.1) is 0 Å². The molecule has 249 valence electrons. The van der Waals surface area contributed by atoms with Gasteiger partial charge in [-0.2, -0.15) is 0 Å². The number of aromatic nitrogens is 2. The molecule has 5 aromatic carbocycles. The fraction of sp³-hybridized carbons (Fsp3) is 0.111. The van der Waals surface area contributed by atoms with Crippen molar-refractivity contribution >= 4 is 62.1 Å². The zero-order valence-corrected chi connectivity index (χ0v) is 33.9. The number of hydrogen-bond donors (Lipinski definition) is 0. The van der Waals surface area contributed by atoms with Gasteiger partial charge in [0.2, 0.25) is 0 Å². The van der Waals surface area contributed by atoms with E-state index in [-0.39, 0.29) is 7.25 Å². The number of halogens is 2. The van der Waals surface area contributed by atoms with Crippen LogP contribution in [0.15, 0.2) is 151 Å². The Morgan fingerprint density at radius 2 is 0.941 bits per heavy atom. The summed E-state index contributed by atoms with van der Waals surface area (Å²) >= 11 is -5.16. The molecule has 0 saturated heterocycles. The molecule has 7 aromatic rings. The third-order valence-electron chi connectivity index (χ3n) is 11.6. The van der Waals surface area contributed by atoms with Crippen LogP contribution in [0.5, 0.6) is 0 Å². The molecular weight excluding hydrogens is 759 g/mol. The van der Waals surface area contributed by atoms with Crippen molar-refractivity contribution in [3.8, 4) is 22.3 Å². The molecule has 0 aliphatic heterocycles. The van der Waals surface area contributed by atoms with Crippen molar-refractivity contribution in [2.45, 2.75) is 27.6 Å². The van der Waals surface area contributed by atoms with Crippen LogP contribution in [-0.4, -0.2) is 15.9 Å². The normalized spacial score (nSPS) is 18.1. The molecule has 2 nitrogen and oxygen atoms in total. The quantitative estimate of drug-likeness (QED) is 0.157. The minimum atomic E-state index is -5.16. The summed E-state index contributed by atoms with van der Waals surface area (Å²) in [5, 5.41) is 3.60. The summed E-state index contributed by atoms with van der Waals surface area (Å²) < 4.78 is -0.0894. The minimum absolute atomic E-state index is 0.0447. The van der Waals surface area contributed by atoms with Crippen molar-refractivity contribution < 1.29 is 15.6 Å². The van der Waals surface area contributed by atoms with Gasteiger partial charge in [0.1, 0.15) is 0 Å². The summed E-state index contributed by atoms with van der Waals surface area (Å²) in [4.78, 5) is 9.67. The molecule has 0 spiro atoms. The summed E-state index contributed by atoms with van der Waals surface area (Å²) in [5.41, 5.74) is 14.2. The second-order valence-electron chi connectivity index (χ2n) is 14.4. The molecule has 9 rings (SSSR count). The van der Waals surface area contributed by atoms with Gasteiger partial charge in [-0.05, 0) is 0 Å².